The van der Waals surface area contributed by atoms with Gasteiger partial charge in [0.2, 0.25) is 11.8 Å². The quantitative estimate of drug-likeness (QED) is 0.878. The van der Waals surface area contributed by atoms with Crippen molar-refractivity contribution in [1.29, 1.82) is 0 Å². The van der Waals surface area contributed by atoms with Crippen LogP contribution in [0.4, 0.5) is 0 Å². The first-order valence-electron chi connectivity index (χ1n) is 8.93. The van der Waals surface area contributed by atoms with Crippen LogP contribution in [-0.2, 0) is 6.54 Å². The lowest BCUT2D eigenvalue weighted by Crippen LogP contribution is -2.40. The summed E-state index contributed by atoms with van der Waals surface area (Å²) in [5, 5.41) is 18.3. The Labute approximate surface area is 143 Å². The van der Waals surface area contributed by atoms with Crippen LogP contribution >= 0.6 is 0 Å². The second-order valence-corrected chi connectivity index (χ2v) is 6.94. The van der Waals surface area contributed by atoms with Crippen molar-refractivity contribution in [3.05, 3.63) is 35.7 Å². The first-order valence-corrected chi connectivity index (χ1v) is 8.93. The van der Waals surface area contributed by atoms with Gasteiger partial charge in [0.15, 0.2) is 0 Å². The van der Waals surface area contributed by atoms with Crippen molar-refractivity contribution in [2.75, 3.05) is 6.54 Å². The number of hydrogen-bond acceptors (Lipinski definition) is 5. The van der Waals surface area contributed by atoms with Crippen molar-refractivity contribution in [3.8, 4) is 11.5 Å². The molecule has 24 heavy (non-hydrogen) atoms. The zero-order valence-electron chi connectivity index (χ0n) is 14.6. The van der Waals surface area contributed by atoms with Crippen molar-refractivity contribution >= 4 is 0 Å². The third-order valence-corrected chi connectivity index (χ3v) is 4.66. The lowest BCUT2D eigenvalue weighted by atomic mass is 9.94. The van der Waals surface area contributed by atoms with Gasteiger partial charge in [-0.2, -0.15) is 0 Å². The molecule has 5 nitrogen and oxygen atoms in total. The Morgan fingerprint density at radius 3 is 2.75 bits per heavy atom. The summed E-state index contributed by atoms with van der Waals surface area (Å²) >= 11 is 0. The van der Waals surface area contributed by atoms with Crippen LogP contribution in [0.3, 0.4) is 0 Å². The highest BCUT2D eigenvalue weighted by molar-refractivity contribution is 5.53. The molecule has 1 unspecified atom stereocenters. The zero-order valence-corrected chi connectivity index (χ0v) is 14.6. The zero-order chi connectivity index (χ0) is 16.9. The van der Waals surface area contributed by atoms with Gasteiger partial charge in [-0.25, -0.2) is 0 Å². The van der Waals surface area contributed by atoms with Crippen LogP contribution in [0, 0.1) is 6.92 Å². The van der Waals surface area contributed by atoms with E-state index >= 15 is 0 Å². The molecule has 2 aromatic rings. The van der Waals surface area contributed by atoms with Crippen LogP contribution in [0.1, 0.15) is 50.5 Å². The predicted molar refractivity (Wildman–Crippen MR) is 93.4 cm³/mol. The van der Waals surface area contributed by atoms with E-state index in [-0.39, 0.29) is 6.10 Å². The highest BCUT2D eigenvalue weighted by Crippen LogP contribution is 2.25. The van der Waals surface area contributed by atoms with Crippen LogP contribution in [0.5, 0.6) is 0 Å². The molecule has 1 heterocycles. The van der Waals surface area contributed by atoms with Gasteiger partial charge in [-0.3, -0.25) is 4.90 Å². The second kappa shape index (κ2) is 7.90. The van der Waals surface area contributed by atoms with Gasteiger partial charge in [-0.15, -0.1) is 10.2 Å². The minimum atomic E-state index is -0.355. The summed E-state index contributed by atoms with van der Waals surface area (Å²) in [5.41, 5.74) is 2.12. The summed E-state index contributed by atoms with van der Waals surface area (Å²) in [6.45, 7) is 5.14. The van der Waals surface area contributed by atoms with Crippen LogP contribution < -0.4 is 0 Å². The average molecular weight is 329 g/mol. The van der Waals surface area contributed by atoms with E-state index < -0.39 is 0 Å². The fraction of sp³-hybridized carbons (Fsp3) is 0.579. The van der Waals surface area contributed by atoms with Crippen molar-refractivity contribution in [2.45, 2.75) is 64.6 Å². The Morgan fingerprint density at radius 1 is 1.25 bits per heavy atom. The number of benzene rings is 1. The van der Waals surface area contributed by atoms with E-state index in [0.717, 1.165) is 5.56 Å². The highest BCUT2D eigenvalue weighted by Gasteiger charge is 2.24. The van der Waals surface area contributed by atoms with Crippen molar-refractivity contribution < 1.29 is 9.52 Å². The number of rotatable bonds is 6. The van der Waals surface area contributed by atoms with Gasteiger partial charge in [0.05, 0.1) is 12.6 Å². The molecule has 1 atom stereocenters. The van der Waals surface area contributed by atoms with Crippen molar-refractivity contribution in [3.63, 3.8) is 0 Å². The van der Waals surface area contributed by atoms with Gasteiger partial charge < -0.3 is 9.52 Å². The van der Waals surface area contributed by atoms with E-state index in [1.807, 2.05) is 38.1 Å². The van der Waals surface area contributed by atoms with Gasteiger partial charge >= 0.3 is 0 Å². The Morgan fingerprint density at radius 2 is 2.04 bits per heavy atom. The van der Waals surface area contributed by atoms with E-state index in [0.29, 0.717) is 30.9 Å². The first-order chi connectivity index (χ1) is 11.6. The largest absolute Gasteiger partial charge is 0.419 e. The molecule has 1 aliphatic carbocycles. The van der Waals surface area contributed by atoms with Crippen molar-refractivity contribution in [1.82, 2.24) is 15.1 Å². The first kappa shape index (κ1) is 17.1. The van der Waals surface area contributed by atoms with E-state index in [4.69, 9.17) is 4.42 Å². The third kappa shape index (κ3) is 4.42. The second-order valence-electron chi connectivity index (χ2n) is 6.94. The van der Waals surface area contributed by atoms with Gasteiger partial charge in [-0.1, -0.05) is 37.0 Å². The molecule has 1 N–H and O–H groups in total. The molecule has 0 spiro atoms. The van der Waals surface area contributed by atoms with Gasteiger partial charge in [0, 0.05) is 18.2 Å². The maximum Gasteiger partial charge on any atom is 0.247 e. The number of aryl methyl sites for hydroxylation is 1. The molecule has 0 bridgehead atoms. The number of hydrogen-bond donors (Lipinski definition) is 1. The molecule has 0 amide bonds. The molecule has 130 valence electrons. The summed E-state index contributed by atoms with van der Waals surface area (Å²) in [6.07, 6.45) is 5.86. The lowest BCUT2D eigenvalue weighted by molar-refractivity contribution is 0.0706. The molecule has 1 aliphatic rings. The predicted octanol–water partition coefficient (Wildman–Crippen LogP) is 3.56. The molecule has 1 saturated carbocycles. The lowest BCUT2D eigenvalue weighted by Gasteiger charge is -2.34. The van der Waals surface area contributed by atoms with Crippen LogP contribution in [-0.4, -0.2) is 38.9 Å². The summed E-state index contributed by atoms with van der Waals surface area (Å²) in [7, 11) is 0. The van der Waals surface area contributed by atoms with E-state index in [1.165, 1.54) is 37.7 Å². The normalized spacial score (nSPS) is 17.3. The minimum absolute atomic E-state index is 0.355. The standard InChI is InChI=1S/C19H27N3O2/c1-14-7-6-8-16(11-14)19-21-20-18(24-19)13-22(12-15(2)23)17-9-4-3-5-10-17/h6-8,11,15,17,23H,3-5,9-10,12-13H2,1-2H3. The minimum Gasteiger partial charge on any atom is -0.419 e. The monoisotopic (exact) mass is 329 g/mol. The summed E-state index contributed by atoms with van der Waals surface area (Å²) < 4.78 is 5.88. The maximum absolute atomic E-state index is 9.84. The van der Waals surface area contributed by atoms with Crippen LogP contribution in [0.2, 0.25) is 0 Å². The SMILES string of the molecule is Cc1cccc(-c2nnc(CN(CC(C)O)C3CCCCC3)o2)c1. The summed E-state index contributed by atoms with van der Waals surface area (Å²) in [6, 6.07) is 8.58. The molecule has 1 fully saturated rings. The molecule has 0 radical (unpaired) electrons. The van der Waals surface area contributed by atoms with Gasteiger partial charge in [0.25, 0.3) is 0 Å². The van der Waals surface area contributed by atoms with Crippen molar-refractivity contribution in [2.24, 2.45) is 0 Å². The molecular weight excluding hydrogens is 302 g/mol. The fourth-order valence-corrected chi connectivity index (χ4v) is 3.51. The highest BCUT2D eigenvalue weighted by atomic mass is 16.4. The number of aliphatic hydroxyl groups is 1. The fourth-order valence-electron chi connectivity index (χ4n) is 3.51. The number of nitrogens with zero attached hydrogens (tertiary/aromatic N) is 3. The molecule has 1 aromatic carbocycles. The van der Waals surface area contributed by atoms with Gasteiger partial charge in [0.1, 0.15) is 0 Å². The Hall–Kier alpha value is -1.72. The summed E-state index contributed by atoms with van der Waals surface area (Å²) in [4.78, 5) is 2.30. The number of aliphatic hydroxyl groups excluding tert-OH is 1. The molecular formula is C19H27N3O2. The Kier molecular flexibility index (Phi) is 5.63. The Balaban J connectivity index is 1.72. The van der Waals surface area contributed by atoms with E-state index in [2.05, 4.69) is 15.1 Å². The van der Waals surface area contributed by atoms with Gasteiger partial charge in [-0.05, 0) is 38.8 Å². The van der Waals surface area contributed by atoms with Crippen LogP contribution in [0.25, 0.3) is 11.5 Å². The molecule has 3 rings (SSSR count). The molecule has 0 aliphatic heterocycles. The summed E-state index contributed by atoms with van der Waals surface area (Å²) in [5.74, 6) is 1.19. The number of aromatic nitrogens is 2. The average Bonchev–Trinajstić information content (AvgIpc) is 3.03. The Bertz CT molecular complexity index is 648. The maximum atomic E-state index is 9.84. The smallest absolute Gasteiger partial charge is 0.247 e. The molecule has 5 heteroatoms. The topological polar surface area (TPSA) is 62.4 Å². The molecule has 1 aromatic heterocycles. The third-order valence-electron chi connectivity index (χ3n) is 4.66. The van der Waals surface area contributed by atoms with E-state index in [9.17, 15) is 5.11 Å². The van der Waals surface area contributed by atoms with Crippen LogP contribution in [0.15, 0.2) is 28.7 Å². The van der Waals surface area contributed by atoms with E-state index in [1.54, 1.807) is 0 Å². The molecule has 0 saturated heterocycles.